The topological polar surface area (TPSA) is 55.8 Å². The summed E-state index contributed by atoms with van der Waals surface area (Å²) >= 11 is 6.31. The molecule has 1 aliphatic heterocycles. The van der Waals surface area contributed by atoms with Gasteiger partial charge in [-0.15, -0.1) is 0 Å². The molecule has 1 heterocycles. The lowest BCUT2D eigenvalue weighted by molar-refractivity contribution is -0.138. The number of benzene rings is 1. The predicted molar refractivity (Wildman–Crippen MR) is 72.5 cm³/mol. The van der Waals surface area contributed by atoms with Gasteiger partial charge in [0.25, 0.3) is 0 Å². The summed E-state index contributed by atoms with van der Waals surface area (Å²) in [4.78, 5) is 11.0. The molecule has 0 fully saturated rings. The van der Waals surface area contributed by atoms with Crippen LogP contribution in [0.1, 0.15) is 31.4 Å². The van der Waals surface area contributed by atoms with Crippen molar-refractivity contribution in [2.45, 2.75) is 32.6 Å². The number of halogens is 1. The van der Waals surface area contributed by atoms with Gasteiger partial charge < -0.3 is 14.6 Å². The van der Waals surface area contributed by atoms with Crippen LogP contribution in [0.3, 0.4) is 0 Å². The molecule has 0 aromatic heterocycles. The first-order valence-electron chi connectivity index (χ1n) is 6.14. The van der Waals surface area contributed by atoms with Gasteiger partial charge in [0, 0.05) is 5.41 Å². The van der Waals surface area contributed by atoms with Crippen molar-refractivity contribution in [3.05, 3.63) is 22.2 Å². The summed E-state index contributed by atoms with van der Waals surface area (Å²) in [7, 11) is 0. The van der Waals surface area contributed by atoms with Crippen LogP contribution in [0.4, 0.5) is 0 Å². The summed E-state index contributed by atoms with van der Waals surface area (Å²) in [6, 6.07) is 1.85. The Labute approximate surface area is 117 Å². The molecule has 0 saturated heterocycles. The second-order valence-electron chi connectivity index (χ2n) is 5.34. The lowest BCUT2D eigenvalue weighted by atomic mass is 9.79. The molecular weight excluding hydrogens is 268 g/mol. The van der Waals surface area contributed by atoms with Crippen molar-refractivity contribution in [2.24, 2.45) is 0 Å². The number of carbonyl (C=O) groups is 1. The van der Waals surface area contributed by atoms with Gasteiger partial charge >= 0.3 is 5.97 Å². The van der Waals surface area contributed by atoms with Gasteiger partial charge in [-0.3, -0.25) is 4.79 Å². The summed E-state index contributed by atoms with van der Waals surface area (Å²) in [6.45, 7) is 6.60. The molecule has 1 aliphatic rings. The molecule has 0 saturated carbocycles. The van der Waals surface area contributed by atoms with Crippen LogP contribution in [0.5, 0.6) is 11.5 Å². The van der Waals surface area contributed by atoms with E-state index in [2.05, 4.69) is 0 Å². The molecule has 4 nitrogen and oxygen atoms in total. The molecule has 1 aromatic rings. The number of fused-ring (bicyclic) bond motifs is 1. The molecule has 0 unspecified atom stereocenters. The molecule has 5 heteroatoms. The van der Waals surface area contributed by atoms with Crippen LogP contribution < -0.4 is 9.47 Å². The molecule has 0 aliphatic carbocycles. The third kappa shape index (κ3) is 2.63. The third-order valence-electron chi connectivity index (χ3n) is 3.34. The Kier molecular flexibility index (Phi) is 3.63. The van der Waals surface area contributed by atoms with E-state index < -0.39 is 11.4 Å². The predicted octanol–water partition coefficient (Wildman–Crippen LogP) is 3.17. The van der Waals surface area contributed by atoms with E-state index >= 15 is 0 Å². The number of rotatable bonds is 3. The largest absolute Gasteiger partial charge is 0.486 e. The summed E-state index contributed by atoms with van der Waals surface area (Å²) in [6.07, 6.45) is 0.0316. The standard InChI is InChI=1S/C14H17ClO4/c1-8-9(14(2,3)7-11(16)17)6-10-13(12(8)15)19-5-4-18-10/h6H,4-5,7H2,1-3H3,(H,16,17). The van der Waals surface area contributed by atoms with Crippen molar-refractivity contribution in [1.29, 1.82) is 0 Å². The molecule has 19 heavy (non-hydrogen) atoms. The fourth-order valence-corrected chi connectivity index (χ4v) is 2.66. The second kappa shape index (κ2) is 4.93. The van der Waals surface area contributed by atoms with Crippen molar-refractivity contribution in [3.8, 4) is 11.5 Å². The van der Waals surface area contributed by atoms with Gasteiger partial charge in [0.2, 0.25) is 0 Å². The van der Waals surface area contributed by atoms with Crippen LogP contribution in [0.2, 0.25) is 5.02 Å². The van der Waals surface area contributed by atoms with Crippen molar-refractivity contribution in [3.63, 3.8) is 0 Å². The quantitative estimate of drug-likeness (QED) is 0.926. The van der Waals surface area contributed by atoms with Crippen LogP contribution in [0, 0.1) is 6.92 Å². The molecule has 104 valence electrons. The minimum absolute atomic E-state index is 0.0316. The van der Waals surface area contributed by atoms with E-state index in [1.165, 1.54) is 0 Å². The van der Waals surface area contributed by atoms with Crippen molar-refractivity contribution < 1.29 is 19.4 Å². The first kappa shape index (κ1) is 14.0. The average molecular weight is 285 g/mol. The third-order valence-corrected chi connectivity index (χ3v) is 3.80. The molecule has 1 N–H and O–H groups in total. The fourth-order valence-electron chi connectivity index (χ4n) is 2.41. The van der Waals surface area contributed by atoms with E-state index in [0.29, 0.717) is 29.7 Å². The van der Waals surface area contributed by atoms with Crippen LogP contribution in [-0.2, 0) is 10.2 Å². The minimum Gasteiger partial charge on any atom is -0.486 e. The molecular formula is C14H17ClO4. The van der Waals surface area contributed by atoms with E-state index in [0.717, 1.165) is 11.1 Å². The van der Waals surface area contributed by atoms with E-state index in [-0.39, 0.29) is 6.42 Å². The lowest BCUT2D eigenvalue weighted by Crippen LogP contribution is -2.24. The summed E-state index contributed by atoms with van der Waals surface area (Å²) in [5.74, 6) is 0.311. The highest BCUT2D eigenvalue weighted by atomic mass is 35.5. The Balaban J connectivity index is 2.52. The lowest BCUT2D eigenvalue weighted by Gasteiger charge is -2.29. The smallest absolute Gasteiger partial charge is 0.304 e. The zero-order chi connectivity index (χ0) is 14.2. The van der Waals surface area contributed by atoms with Crippen LogP contribution >= 0.6 is 11.6 Å². The van der Waals surface area contributed by atoms with E-state index in [1.54, 1.807) is 0 Å². The fraction of sp³-hybridized carbons (Fsp3) is 0.500. The van der Waals surface area contributed by atoms with Gasteiger partial charge in [0.1, 0.15) is 13.2 Å². The Morgan fingerprint density at radius 2 is 2.05 bits per heavy atom. The maximum atomic E-state index is 11.0. The van der Waals surface area contributed by atoms with E-state index in [9.17, 15) is 4.79 Å². The highest BCUT2D eigenvalue weighted by Crippen LogP contribution is 2.44. The molecule has 0 bridgehead atoms. The Morgan fingerprint density at radius 1 is 1.42 bits per heavy atom. The van der Waals surface area contributed by atoms with Gasteiger partial charge in [-0.2, -0.15) is 0 Å². The van der Waals surface area contributed by atoms with Crippen molar-refractivity contribution in [1.82, 2.24) is 0 Å². The average Bonchev–Trinajstić information content (AvgIpc) is 2.32. The minimum atomic E-state index is -0.838. The van der Waals surface area contributed by atoms with E-state index in [4.69, 9.17) is 26.2 Å². The molecule has 2 rings (SSSR count). The Bertz CT molecular complexity index is 523. The van der Waals surface area contributed by atoms with Gasteiger partial charge in [-0.1, -0.05) is 25.4 Å². The number of carboxylic acid groups (broad SMARTS) is 1. The number of hydrogen-bond acceptors (Lipinski definition) is 3. The Morgan fingerprint density at radius 3 is 2.68 bits per heavy atom. The van der Waals surface area contributed by atoms with Crippen molar-refractivity contribution >= 4 is 17.6 Å². The molecule has 0 radical (unpaired) electrons. The monoisotopic (exact) mass is 284 g/mol. The molecule has 1 aromatic carbocycles. The van der Waals surface area contributed by atoms with Gasteiger partial charge in [-0.25, -0.2) is 0 Å². The number of hydrogen-bond donors (Lipinski definition) is 1. The Hall–Kier alpha value is -1.42. The zero-order valence-electron chi connectivity index (χ0n) is 11.2. The van der Waals surface area contributed by atoms with E-state index in [1.807, 2.05) is 26.8 Å². The second-order valence-corrected chi connectivity index (χ2v) is 5.72. The summed E-state index contributed by atoms with van der Waals surface area (Å²) in [5, 5.41) is 9.53. The van der Waals surface area contributed by atoms with Gasteiger partial charge in [0.05, 0.1) is 11.4 Å². The first-order chi connectivity index (χ1) is 8.83. The summed E-state index contributed by atoms with van der Waals surface area (Å²) < 4.78 is 11.1. The highest BCUT2D eigenvalue weighted by molar-refractivity contribution is 6.33. The summed E-state index contributed by atoms with van der Waals surface area (Å²) in [5.41, 5.74) is 1.20. The van der Waals surface area contributed by atoms with Gasteiger partial charge in [0.15, 0.2) is 11.5 Å². The maximum Gasteiger partial charge on any atom is 0.304 e. The molecule has 0 atom stereocenters. The van der Waals surface area contributed by atoms with Crippen LogP contribution in [0.25, 0.3) is 0 Å². The number of aliphatic carboxylic acids is 1. The zero-order valence-corrected chi connectivity index (χ0v) is 12.0. The maximum absolute atomic E-state index is 11.0. The van der Waals surface area contributed by atoms with Crippen molar-refractivity contribution in [2.75, 3.05) is 13.2 Å². The molecule has 0 amide bonds. The normalized spacial score (nSPS) is 14.3. The molecule has 0 spiro atoms. The SMILES string of the molecule is Cc1c(C(C)(C)CC(=O)O)cc2c(c1Cl)OCCO2. The van der Waals surface area contributed by atoms with Crippen LogP contribution in [0.15, 0.2) is 6.07 Å². The van der Waals surface area contributed by atoms with Crippen LogP contribution in [-0.4, -0.2) is 24.3 Å². The number of ether oxygens (including phenoxy) is 2. The number of carboxylic acids is 1. The van der Waals surface area contributed by atoms with Gasteiger partial charge in [-0.05, 0) is 24.1 Å². The highest BCUT2D eigenvalue weighted by Gasteiger charge is 2.30. The first-order valence-corrected chi connectivity index (χ1v) is 6.51.